The Hall–Kier alpha value is -1.10. The van der Waals surface area contributed by atoms with Gasteiger partial charge in [-0.25, -0.2) is 9.97 Å². The van der Waals surface area contributed by atoms with E-state index in [9.17, 15) is 4.79 Å². The lowest BCUT2D eigenvalue weighted by atomic mass is 10.2. The van der Waals surface area contributed by atoms with Crippen LogP contribution in [-0.2, 0) is 0 Å². The summed E-state index contributed by atoms with van der Waals surface area (Å²) in [6.07, 6.45) is 1.89. The molecule has 0 atom stereocenters. The second-order valence-electron chi connectivity index (χ2n) is 3.99. The molecule has 0 fully saturated rings. The zero-order valence-electron chi connectivity index (χ0n) is 10.1. The first-order valence-electron chi connectivity index (χ1n) is 5.20. The summed E-state index contributed by atoms with van der Waals surface area (Å²) in [7, 11) is 0. The fraction of sp³-hybridized carbons (Fsp3) is 0.545. The molecule has 0 bridgehead atoms. The molecule has 0 saturated heterocycles. The number of hydrogen-bond acceptors (Lipinski definition) is 4. The molecule has 1 aromatic rings. The van der Waals surface area contributed by atoms with E-state index in [2.05, 4.69) is 29.1 Å². The molecule has 88 valence electrons. The Labute approximate surface area is 100 Å². The molecule has 0 radical (unpaired) electrons. The summed E-state index contributed by atoms with van der Waals surface area (Å²) in [6, 6.07) is 1.70. The van der Waals surface area contributed by atoms with Crippen LogP contribution in [0.15, 0.2) is 11.2 Å². The number of rotatable bonds is 4. The van der Waals surface area contributed by atoms with Gasteiger partial charge in [0.15, 0.2) is 5.16 Å². The Bertz CT molecular complexity index is 379. The van der Waals surface area contributed by atoms with E-state index < -0.39 is 0 Å². The predicted molar refractivity (Wildman–Crippen MR) is 65.7 cm³/mol. The first-order valence-corrected chi connectivity index (χ1v) is 6.43. The molecule has 0 aliphatic carbocycles. The van der Waals surface area contributed by atoms with Crippen molar-refractivity contribution in [1.82, 2.24) is 15.3 Å². The SMILES string of the molecule is CSc1nc(C)cc(C(=O)NCC(C)C)n1. The topological polar surface area (TPSA) is 54.9 Å². The van der Waals surface area contributed by atoms with Gasteiger partial charge in [-0.15, -0.1) is 0 Å². The number of amides is 1. The van der Waals surface area contributed by atoms with Crippen molar-refractivity contribution in [3.8, 4) is 0 Å². The van der Waals surface area contributed by atoms with Crippen molar-refractivity contribution in [2.75, 3.05) is 12.8 Å². The van der Waals surface area contributed by atoms with Crippen molar-refractivity contribution in [1.29, 1.82) is 0 Å². The summed E-state index contributed by atoms with van der Waals surface area (Å²) in [4.78, 5) is 20.1. The first kappa shape index (κ1) is 13.0. The predicted octanol–water partition coefficient (Wildman–Crippen LogP) is 1.89. The van der Waals surface area contributed by atoms with E-state index in [0.29, 0.717) is 23.3 Å². The molecule has 4 nitrogen and oxygen atoms in total. The van der Waals surface area contributed by atoms with Crippen molar-refractivity contribution in [3.63, 3.8) is 0 Å². The molecule has 1 N–H and O–H groups in total. The lowest BCUT2D eigenvalue weighted by Crippen LogP contribution is -2.28. The van der Waals surface area contributed by atoms with E-state index in [0.717, 1.165) is 5.69 Å². The number of aryl methyl sites for hydroxylation is 1. The Kier molecular flexibility index (Phi) is 4.73. The Morgan fingerprint density at radius 3 is 2.75 bits per heavy atom. The molecular weight excluding hydrogens is 222 g/mol. The molecule has 0 aromatic carbocycles. The van der Waals surface area contributed by atoms with Crippen LogP contribution in [0.3, 0.4) is 0 Å². The molecule has 1 amide bonds. The van der Waals surface area contributed by atoms with Crippen LogP contribution < -0.4 is 5.32 Å². The maximum absolute atomic E-state index is 11.8. The number of thioether (sulfide) groups is 1. The third kappa shape index (κ3) is 3.81. The number of nitrogens with zero attached hydrogens (tertiary/aromatic N) is 2. The standard InChI is InChI=1S/C11H17N3OS/c1-7(2)6-12-10(15)9-5-8(3)13-11(14-9)16-4/h5,7H,6H2,1-4H3,(H,12,15). The highest BCUT2D eigenvalue weighted by molar-refractivity contribution is 7.98. The van der Waals surface area contributed by atoms with E-state index in [1.807, 2.05) is 13.2 Å². The van der Waals surface area contributed by atoms with Crippen molar-refractivity contribution >= 4 is 17.7 Å². The molecule has 1 rings (SSSR count). The molecule has 0 aliphatic rings. The third-order valence-corrected chi connectivity index (χ3v) is 2.47. The molecule has 0 spiro atoms. The Morgan fingerprint density at radius 2 is 2.19 bits per heavy atom. The number of carbonyl (C=O) groups is 1. The van der Waals surface area contributed by atoms with Gasteiger partial charge in [0, 0.05) is 12.2 Å². The summed E-state index contributed by atoms with van der Waals surface area (Å²) in [5.74, 6) is 0.307. The second kappa shape index (κ2) is 5.84. The molecule has 1 aromatic heterocycles. The van der Waals surface area contributed by atoms with Crippen molar-refractivity contribution in [3.05, 3.63) is 17.5 Å². The average molecular weight is 239 g/mol. The first-order chi connectivity index (χ1) is 7.52. The van der Waals surface area contributed by atoms with Gasteiger partial charge in [-0.1, -0.05) is 25.6 Å². The van der Waals surface area contributed by atoms with Gasteiger partial charge in [0.25, 0.3) is 5.91 Å². The van der Waals surface area contributed by atoms with Crippen molar-refractivity contribution in [2.45, 2.75) is 25.9 Å². The molecule has 0 saturated carbocycles. The molecule has 1 heterocycles. The molecule has 16 heavy (non-hydrogen) atoms. The fourth-order valence-electron chi connectivity index (χ4n) is 1.14. The van der Waals surface area contributed by atoms with Crippen LogP contribution in [0.4, 0.5) is 0 Å². The lowest BCUT2D eigenvalue weighted by Gasteiger charge is -2.08. The Morgan fingerprint density at radius 1 is 1.50 bits per heavy atom. The van der Waals surface area contributed by atoms with Gasteiger partial charge < -0.3 is 5.32 Å². The summed E-state index contributed by atoms with van der Waals surface area (Å²) in [6.45, 7) is 6.63. The third-order valence-electron chi connectivity index (χ3n) is 1.92. The largest absolute Gasteiger partial charge is 0.350 e. The van der Waals surface area contributed by atoms with E-state index in [1.54, 1.807) is 6.07 Å². The number of aromatic nitrogens is 2. The van der Waals surface area contributed by atoms with Crippen molar-refractivity contribution in [2.24, 2.45) is 5.92 Å². The summed E-state index contributed by atoms with van der Waals surface area (Å²) < 4.78 is 0. The minimum Gasteiger partial charge on any atom is -0.350 e. The summed E-state index contributed by atoms with van der Waals surface area (Å²) in [5.41, 5.74) is 1.26. The van der Waals surface area contributed by atoms with Gasteiger partial charge in [-0.2, -0.15) is 0 Å². The number of hydrogen-bond donors (Lipinski definition) is 1. The van der Waals surface area contributed by atoms with Crippen LogP contribution in [0, 0.1) is 12.8 Å². The smallest absolute Gasteiger partial charge is 0.270 e. The van der Waals surface area contributed by atoms with Gasteiger partial charge >= 0.3 is 0 Å². The van der Waals surface area contributed by atoms with Crippen LogP contribution in [0.25, 0.3) is 0 Å². The normalized spacial score (nSPS) is 10.6. The van der Waals surface area contributed by atoms with Crippen LogP contribution in [0.1, 0.15) is 30.0 Å². The van der Waals surface area contributed by atoms with Crippen molar-refractivity contribution < 1.29 is 4.79 Å². The van der Waals surface area contributed by atoms with Gasteiger partial charge in [-0.05, 0) is 25.2 Å². The van der Waals surface area contributed by atoms with Gasteiger partial charge in [0.1, 0.15) is 5.69 Å². The van der Waals surface area contributed by atoms with Crippen LogP contribution in [-0.4, -0.2) is 28.7 Å². The van der Waals surface area contributed by atoms with E-state index in [1.165, 1.54) is 11.8 Å². The summed E-state index contributed by atoms with van der Waals surface area (Å²) >= 11 is 1.44. The van der Waals surface area contributed by atoms with Crippen LogP contribution in [0.2, 0.25) is 0 Å². The molecule has 0 unspecified atom stereocenters. The maximum atomic E-state index is 11.8. The van der Waals surface area contributed by atoms with Crippen LogP contribution in [0.5, 0.6) is 0 Å². The minimum atomic E-state index is -0.130. The quantitative estimate of drug-likeness (QED) is 0.644. The second-order valence-corrected chi connectivity index (χ2v) is 4.76. The molecule has 0 aliphatic heterocycles. The minimum absolute atomic E-state index is 0.130. The Balaban J connectivity index is 2.78. The number of nitrogens with one attached hydrogen (secondary N) is 1. The lowest BCUT2D eigenvalue weighted by molar-refractivity contribution is 0.0943. The van der Waals surface area contributed by atoms with Crippen LogP contribution >= 0.6 is 11.8 Å². The highest BCUT2D eigenvalue weighted by Gasteiger charge is 2.10. The van der Waals surface area contributed by atoms with Gasteiger partial charge in [0.2, 0.25) is 0 Å². The monoisotopic (exact) mass is 239 g/mol. The molecule has 5 heteroatoms. The highest BCUT2D eigenvalue weighted by Crippen LogP contribution is 2.10. The zero-order valence-corrected chi connectivity index (χ0v) is 10.9. The summed E-state index contributed by atoms with van der Waals surface area (Å²) in [5, 5.41) is 3.47. The van der Waals surface area contributed by atoms with Gasteiger partial charge in [-0.3, -0.25) is 4.79 Å². The van der Waals surface area contributed by atoms with E-state index >= 15 is 0 Å². The molecular formula is C11H17N3OS. The fourth-order valence-corrected chi connectivity index (χ4v) is 1.56. The van der Waals surface area contributed by atoms with E-state index in [-0.39, 0.29) is 5.91 Å². The average Bonchev–Trinajstić information content (AvgIpc) is 2.24. The van der Waals surface area contributed by atoms with Gasteiger partial charge in [0.05, 0.1) is 0 Å². The highest BCUT2D eigenvalue weighted by atomic mass is 32.2. The maximum Gasteiger partial charge on any atom is 0.270 e. The number of carbonyl (C=O) groups excluding carboxylic acids is 1. The van der Waals surface area contributed by atoms with E-state index in [4.69, 9.17) is 0 Å². The zero-order chi connectivity index (χ0) is 12.1.